The van der Waals surface area contributed by atoms with Crippen LogP contribution in [0.2, 0.25) is 0 Å². The Morgan fingerprint density at radius 3 is 2.62 bits per heavy atom. The molecule has 5 unspecified atom stereocenters. The van der Waals surface area contributed by atoms with E-state index in [2.05, 4.69) is 27.7 Å². The third-order valence-corrected chi connectivity index (χ3v) is 5.81. The highest BCUT2D eigenvalue weighted by atomic mass is 16.5. The third-order valence-electron chi connectivity index (χ3n) is 5.81. The van der Waals surface area contributed by atoms with Crippen molar-refractivity contribution in [2.45, 2.75) is 71.0 Å². The van der Waals surface area contributed by atoms with E-state index < -0.39 is 0 Å². The highest BCUT2D eigenvalue weighted by molar-refractivity contribution is 5.07. The first-order valence-electron chi connectivity index (χ1n) is 7.14. The van der Waals surface area contributed by atoms with E-state index in [1.807, 2.05) is 0 Å². The summed E-state index contributed by atoms with van der Waals surface area (Å²) in [6, 6.07) is 0. The van der Waals surface area contributed by atoms with Gasteiger partial charge in [-0.05, 0) is 62.7 Å². The van der Waals surface area contributed by atoms with E-state index in [4.69, 9.17) is 4.74 Å². The molecule has 2 aliphatic carbocycles. The monoisotopic (exact) mass is 222 g/mol. The van der Waals surface area contributed by atoms with Crippen molar-refractivity contribution in [1.82, 2.24) is 0 Å². The smallest absolute Gasteiger partial charge is 0.0718 e. The molecule has 1 nitrogen and oxygen atoms in total. The van der Waals surface area contributed by atoms with Gasteiger partial charge in [-0.15, -0.1) is 0 Å². The largest absolute Gasteiger partial charge is 0.369 e. The van der Waals surface area contributed by atoms with Crippen molar-refractivity contribution in [2.75, 3.05) is 0 Å². The minimum atomic E-state index is 0.212. The van der Waals surface area contributed by atoms with Crippen LogP contribution >= 0.6 is 0 Å². The van der Waals surface area contributed by atoms with Crippen LogP contribution in [-0.4, -0.2) is 11.2 Å². The van der Waals surface area contributed by atoms with Crippen LogP contribution in [-0.2, 0) is 4.74 Å². The fourth-order valence-electron chi connectivity index (χ4n) is 4.97. The van der Waals surface area contributed by atoms with Crippen molar-refractivity contribution >= 4 is 0 Å². The zero-order chi connectivity index (χ0) is 11.6. The van der Waals surface area contributed by atoms with Crippen LogP contribution in [0.5, 0.6) is 0 Å². The minimum Gasteiger partial charge on any atom is -0.369 e. The van der Waals surface area contributed by atoms with E-state index in [0.29, 0.717) is 5.92 Å². The zero-order valence-electron chi connectivity index (χ0n) is 11.3. The molecule has 5 atom stereocenters. The maximum absolute atomic E-state index is 6.65. The van der Waals surface area contributed by atoms with Crippen LogP contribution in [0.15, 0.2) is 0 Å². The lowest BCUT2D eigenvalue weighted by atomic mass is 9.54. The lowest BCUT2D eigenvalue weighted by Crippen LogP contribution is -2.61. The van der Waals surface area contributed by atoms with E-state index in [0.717, 1.165) is 17.8 Å². The molecule has 3 rings (SSSR count). The molecule has 0 amide bonds. The molecule has 2 saturated carbocycles. The van der Waals surface area contributed by atoms with Crippen LogP contribution < -0.4 is 0 Å². The van der Waals surface area contributed by atoms with Crippen molar-refractivity contribution in [3.8, 4) is 0 Å². The molecule has 0 radical (unpaired) electrons. The van der Waals surface area contributed by atoms with Gasteiger partial charge in [-0.25, -0.2) is 0 Å². The molecule has 3 aliphatic rings. The second kappa shape index (κ2) is 3.25. The molecule has 1 heterocycles. The first kappa shape index (κ1) is 11.1. The average molecular weight is 222 g/mol. The van der Waals surface area contributed by atoms with Crippen LogP contribution in [0.3, 0.4) is 0 Å². The van der Waals surface area contributed by atoms with Gasteiger partial charge in [0.25, 0.3) is 0 Å². The molecule has 1 heteroatoms. The highest BCUT2D eigenvalue weighted by Gasteiger charge is 2.57. The van der Waals surface area contributed by atoms with Gasteiger partial charge in [0.05, 0.1) is 11.2 Å². The Kier molecular flexibility index (Phi) is 2.25. The molecule has 16 heavy (non-hydrogen) atoms. The summed E-state index contributed by atoms with van der Waals surface area (Å²) in [7, 11) is 0. The summed E-state index contributed by atoms with van der Waals surface area (Å²) in [6.45, 7) is 9.54. The molecule has 1 aliphatic heterocycles. The first-order valence-corrected chi connectivity index (χ1v) is 7.14. The van der Waals surface area contributed by atoms with Gasteiger partial charge < -0.3 is 4.74 Å². The molecule has 92 valence electrons. The van der Waals surface area contributed by atoms with Crippen molar-refractivity contribution in [1.29, 1.82) is 0 Å². The van der Waals surface area contributed by atoms with E-state index in [1.54, 1.807) is 0 Å². The molecule has 0 spiro atoms. The van der Waals surface area contributed by atoms with Gasteiger partial charge in [0, 0.05) is 0 Å². The summed E-state index contributed by atoms with van der Waals surface area (Å²) in [5.41, 5.74) is 0.428. The Hall–Kier alpha value is -0.0400. The molecule has 0 N–H and O–H groups in total. The van der Waals surface area contributed by atoms with Crippen LogP contribution in [0.25, 0.3) is 0 Å². The zero-order valence-corrected chi connectivity index (χ0v) is 11.3. The molecule has 1 saturated heterocycles. The lowest BCUT2D eigenvalue weighted by molar-refractivity contribution is -0.272. The summed E-state index contributed by atoms with van der Waals surface area (Å²) in [5.74, 6) is 3.52. The van der Waals surface area contributed by atoms with E-state index in [1.165, 1.54) is 32.1 Å². The Bertz CT molecular complexity index is 294. The normalized spacial score (nSPS) is 55.7. The molecular formula is C15H26O. The van der Waals surface area contributed by atoms with E-state index >= 15 is 0 Å². The first-order chi connectivity index (χ1) is 7.44. The van der Waals surface area contributed by atoms with Gasteiger partial charge in [-0.3, -0.25) is 0 Å². The number of hydrogen-bond acceptors (Lipinski definition) is 1. The minimum absolute atomic E-state index is 0.212. The van der Waals surface area contributed by atoms with Crippen molar-refractivity contribution in [2.24, 2.45) is 23.7 Å². The van der Waals surface area contributed by atoms with Gasteiger partial charge in [-0.1, -0.05) is 20.8 Å². The number of hydrogen-bond donors (Lipinski definition) is 0. The maximum atomic E-state index is 6.65. The number of fused-ring (bicyclic) bond motifs is 2. The molecule has 0 aromatic carbocycles. The predicted octanol–water partition coefficient (Wildman–Crippen LogP) is 4.02. The van der Waals surface area contributed by atoms with Gasteiger partial charge in [0.2, 0.25) is 0 Å². The quantitative estimate of drug-likeness (QED) is 0.651. The van der Waals surface area contributed by atoms with Gasteiger partial charge in [0.1, 0.15) is 0 Å². The summed E-state index contributed by atoms with van der Waals surface area (Å²) in [5, 5.41) is 0. The summed E-state index contributed by atoms with van der Waals surface area (Å²) in [6.07, 6.45) is 6.69. The van der Waals surface area contributed by atoms with Crippen LogP contribution in [0.1, 0.15) is 59.8 Å². The summed E-state index contributed by atoms with van der Waals surface area (Å²) < 4.78 is 6.65. The van der Waals surface area contributed by atoms with Gasteiger partial charge >= 0.3 is 0 Å². The van der Waals surface area contributed by atoms with Gasteiger partial charge in [0.15, 0.2) is 0 Å². The van der Waals surface area contributed by atoms with E-state index in [-0.39, 0.29) is 11.2 Å². The van der Waals surface area contributed by atoms with Crippen molar-refractivity contribution in [3.05, 3.63) is 0 Å². The van der Waals surface area contributed by atoms with Crippen molar-refractivity contribution in [3.63, 3.8) is 0 Å². The Morgan fingerprint density at radius 1 is 1.19 bits per heavy atom. The van der Waals surface area contributed by atoms with E-state index in [9.17, 15) is 0 Å². The standard InChI is InChI=1S/C15H26O/c1-10(2)15-7-11(3)13-5-6-14(4,16-15)8-12(13)9-15/h10-13H,5-9H2,1-4H3. The van der Waals surface area contributed by atoms with Crippen LogP contribution in [0, 0.1) is 23.7 Å². The van der Waals surface area contributed by atoms with Crippen LogP contribution in [0.4, 0.5) is 0 Å². The number of ether oxygens (including phenoxy) is 1. The average Bonchev–Trinajstić information content (AvgIpc) is 2.13. The molecule has 0 aromatic rings. The SMILES string of the molecule is CC1CC2(C(C)C)CC3CC(C)(CCC13)O2. The Labute approximate surface area is 99.9 Å². The second-order valence-electron chi connectivity index (χ2n) is 7.32. The highest BCUT2D eigenvalue weighted by Crippen LogP contribution is 2.59. The molecule has 3 bridgehead atoms. The second-order valence-corrected chi connectivity index (χ2v) is 7.32. The van der Waals surface area contributed by atoms with Gasteiger partial charge in [-0.2, -0.15) is 0 Å². The summed E-state index contributed by atoms with van der Waals surface area (Å²) in [4.78, 5) is 0. The Morgan fingerprint density at radius 2 is 1.94 bits per heavy atom. The number of rotatable bonds is 1. The molecule has 0 aromatic heterocycles. The fourth-order valence-corrected chi connectivity index (χ4v) is 4.97. The molecule has 3 fully saturated rings. The van der Waals surface area contributed by atoms with Crippen molar-refractivity contribution < 1.29 is 4.74 Å². The third kappa shape index (κ3) is 1.40. The summed E-state index contributed by atoms with van der Waals surface area (Å²) >= 11 is 0. The Balaban J connectivity index is 1.98. The topological polar surface area (TPSA) is 9.23 Å². The maximum Gasteiger partial charge on any atom is 0.0718 e. The predicted molar refractivity (Wildman–Crippen MR) is 66.3 cm³/mol. The molecular weight excluding hydrogens is 196 g/mol. The lowest BCUT2D eigenvalue weighted by Gasteiger charge is -2.62. The fraction of sp³-hybridized carbons (Fsp3) is 1.00.